The minimum atomic E-state index is 0.304. The van der Waals surface area contributed by atoms with Crippen molar-refractivity contribution in [2.75, 3.05) is 33.4 Å². The molecule has 0 aliphatic rings. The Bertz CT molecular complexity index is 129. The molecule has 2 nitrogen and oxygen atoms in total. The molecular weight excluding hydrogens is 158 g/mol. The van der Waals surface area contributed by atoms with E-state index in [0.717, 1.165) is 16.8 Å². The fraction of sp³-hybridized carbons (Fsp3) is 0.875. The Kier molecular flexibility index (Phi) is 4.77. The van der Waals surface area contributed by atoms with Crippen LogP contribution in [0.3, 0.4) is 0 Å². The van der Waals surface area contributed by atoms with Crippen molar-refractivity contribution in [3.05, 3.63) is 0 Å². The van der Waals surface area contributed by atoms with E-state index in [2.05, 4.69) is 21.1 Å². The lowest BCUT2D eigenvalue weighted by molar-refractivity contribution is -0.867. The molecule has 66 valence electrons. The first kappa shape index (κ1) is 11.0. The van der Waals surface area contributed by atoms with Gasteiger partial charge in [0.05, 0.1) is 33.4 Å². The molecule has 0 heterocycles. The van der Waals surface area contributed by atoms with Gasteiger partial charge >= 0.3 is 0 Å². The summed E-state index contributed by atoms with van der Waals surface area (Å²) < 4.78 is 0.935. The first-order valence-electron chi connectivity index (χ1n) is 3.92. The molecule has 0 unspecified atom stereocenters. The van der Waals surface area contributed by atoms with E-state index < -0.39 is 0 Å². The second-order valence-corrected chi connectivity index (χ2v) is 4.74. The summed E-state index contributed by atoms with van der Waals surface area (Å²) in [5.41, 5.74) is 0. The summed E-state index contributed by atoms with van der Waals surface area (Å²) in [7, 11) is 6.41. The lowest BCUT2D eigenvalue weighted by Gasteiger charge is -2.23. The lowest BCUT2D eigenvalue weighted by Crippen LogP contribution is -2.36. The van der Waals surface area contributed by atoms with E-state index in [1.165, 1.54) is 11.8 Å². The zero-order valence-corrected chi connectivity index (χ0v) is 8.70. The molecule has 0 saturated carbocycles. The van der Waals surface area contributed by atoms with Gasteiger partial charge in [-0.25, -0.2) is 0 Å². The Hall–Kier alpha value is -0.0200. The highest BCUT2D eigenvalue weighted by atomic mass is 32.2. The second kappa shape index (κ2) is 4.78. The Balaban J connectivity index is 3.35. The zero-order chi connectivity index (χ0) is 8.91. The van der Waals surface area contributed by atoms with Crippen molar-refractivity contribution < 1.29 is 9.28 Å². The maximum absolute atomic E-state index is 10.9. The average Bonchev–Trinajstić information content (AvgIpc) is 1.85. The van der Waals surface area contributed by atoms with Gasteiger partial charge in [0.1, 0.15) is 0 Å². The molecule has 0 bridgehead atoms. The highest BCUT2D eigenvalue weighted by Gasteiger charge is 2.07. The number of quaternary nitrogens is 1. The van der Waals surface area contributed by atoms with Crippen molar-refractivity contribution in [1.82, 2.24) is 0 Å². The van der Waals surface area contributed by atoms with Gasteiger partial charge in [-0.3, -0.25) is 4.79 Å². The Morgan fingerprint density at radius 3 is 2.27 bits per heavy atom. The fourth-order valence-electron chi connectivity index (χ4n) is 0.535. The molecule has 11 heavy (non-hydrogen) atoms. The highest BCUT2D eigenvalue weighted by Crippen LogP contribution is 2.05. The SMILES string of the molecule is CCC(=O)SCC[N+](C)(C)C. The summed E-state index contributed by atoms with van der Waals surface area (Å²) in [6, 6.07) is 0. The van der Waals surface area contributed by atoms with Crippen molar-refractivity contribution >= 4 is 16.9 Å². The van der Waals surface area contributed by atoms with Gasteiger partial charge in [0, 0.05) is 6.42 Å². The van der Waals surface area contributed by atoms with Gasteiger partial charge in [0.25, 0.3) is 0 Å². The van der Waals surface area contributed by atoms with Crippen molar-refractivity contribution in [2.24, 2.45) is 0 Å². The number of carbonyl (C=O) groups excluding carboxylic acids is 1. The molecule has 0 aromatic heterocycles. The summed E-state index contributed by atoms with van der Waals surface area (Å²) in [5.74, 6) is 0.941. The van der Waals surface area contributed by atoms with Crippen LogP contribution in [-0.4, -0.2) is 43.0 Å². The third kappa shape index (κ3) is 7.88. The predicted octanol–water partition coefficient (Wildman–Crippen LogP) is 1.36. The Morgan fingerprint density at radius 2 is 1.91 bits per heavy atom. The number of thioether (sulfide) groups is 1. The van der Waals surface area contributed by atoms with Crippen molar-refractivity contribution in [3.8, 4) is 0 Å². The molecule has 3 heteroatoms. The molecule has 0 fully saturated rings. The smallest absolute Gasteiger partial charge is 0.188 e. The molecule has 0 spiro atoms. The minimum Gasteiger partial charge on any atom is -0.330 e. The first-order valence-corrected chi connectivity index (χ1v) is 4.90. The molecular formula is C8H18NOS+. The first-order chi connectivity index (χ1) is 4.95. The van der Waals surface area contributed by atoms with E-state index in [1.54, 1.807) is 0 Å². The maximum atomic E-state index is 10.9. The highest BCUT2D eigenvalue weighted by molar-refractivity contribution is 8.13. The molecule has 0 aromatic carbocycles. The van der Waals surface area contributed by atoms with Crippen LogP contribution in [0.5, 0.6) is 0 Å². The maximum Gasteiger partial charge on any atom is 0.188 e. The van der Waals surface area contributed by atoms with Gasteiger partial charge < -0.3 is 4.48 Å². The van der Waals surface area contributed by atoms with Crippen LogP contribution >= 0.6 is 11.8 Å². The van der Waals surface area contributed by atoms with Gasteiger partial charge in [0.15, 0.2) is 5.12 Å². The second-order valence-electron chi connectivity index (χ2n) is 3.59. The van der Waals surface area contributed by atoms with E-state index in [1.807, 2.05) is 6.92 Å². The van der Waals surface area contributed by atoms with Crippen LogP contribution in [-0.2, 0) is 4.79 Å². The number of carbonyl (C=O) groups is 1. The predicted molar refractivity (Wildman–Crippen MR) is 50.7 cm³/mol. The third-order valence-corrected chi connectivity index (χ3v) is 2.31. The summed E-state index contributed by atoms with van der Waals surface area (Å²) in [6.45, 7) is 2.96. The van der Waals surface area contributed by atoms with Gasteiger partial charge in [-0.1, -0.05) is 18.7 Å². The number of nitrogens with zero attached hydrogens (tertiary/aromatic N) is 1. The largest absolute Gasteiger partial charge is 0.330 e. The van der Waals surface area contributed by atoms with Gasteiger partial charge in [-0.15, -0.1) is 0 Å². The monoisotopic (exact) mass is 176 g/mol. The van der Waals surface area contributed by atoms with Crippen molar-refractivity contribution in [2.45, 2.75) is 13.3 Å². The molecule has 0 rings (SSSR count). The molecule has 0 aliphatic heterocycles. The standard InChI is InChI=1S/C8H18NOS/c1-5-8(10)11-7-6-9(2,3)4/h5-7H2,1-4H3/q+1. The summed E-state index contributed by atoms with van der Waals surface area (Å²) in [4.78, 5) is 10.9. The molecule has 0 N–H and O–H groups in total. The Morgan fingerprint density at radius 1 is 1.36 bits per heavy atom. The normalized spacial score (nSPS) is 11.6. The van der Waals surface area contributed by atoms with Crippen LogP contribution in [0, 0.1) is 0 Å². The van der Waals surface area contributed by atoms with E-state index >= 15 is 0 Å². The van der Waals surface area contributed by atoms with E-state index in [4.69, 9.17) is 0 Å². The van der Waals surface area contributed by atoms with E-state index in [-0.39, 0.29) is 0 Å². The molecule has 0 amide bonds. The van der Waals surface area contributed by atoms with Crippen LogP contribution in [0.2, 0.25) is 0 Å². The van der Waals surface area contributed by atoms with Crippen molar-refractivity contribution in [1.29, 1.82) is 0 Å². The summed E-state index contributed by atoms with van der Waals surface area (Å²) >= 11 is 1.45. The average molecular weight is 176 g/mol. The van der Waals surface area contributed by atoms with Crippen molar-refractivity contribution in [3.63, 3.8) is 0 Å². The van der Waals surface area contributed by atoms with Crippen LogP contribution < -0.4 is 0 Å². The van der Waals surface area contributed by atoms with Gasteiger partial charge in [-0.2, -0.15) is 0 Å². The molecule has 0 radical (unpaired) electrons. The number of hydrogen-bond donors (Lipinski definition) is 0. The quantitative estimate of drug-likeness (QED) is 0.602. The molecule has 0 saturated heterocycles. The number of hydrogen-bond acceptors (Lipinski definition) is 2. The van der Waals surface area contributed by atoms with Crippen LogP contribution in [0.25, 0.3) is 0 Å². The molecule has 0 aromatic rings. The molecule has 0 atom stereocenters. The lowest BCUT2D eigenvalue weighted by atomic mass is 10.6. The summed E-state index contributed by atoms with van der Waals surface area (Å²) in [5, 5.41) is 0.304. The van der Waals surface area contributed by atoms with E-state index in [0.29, 0.717) is 11.5 Å². The van der Waals surface area contributed by atoms with Crippen LogP contribution in [0.15, 0.2) is 0 Å². The third-order valence-electron chi connectivity index (χ3n) is 1.31. The zero-order valence-electron chi connectivity index (χ0n) is 7.89. The van der Waals surface area contributed by atoms with Crippen LogP contribution in [0.4, 0.5) is 0 Å². The minimum absolute atomic E-state index is 0.304. The van der Waals surface area contributed by atoms with E-state index in [9.17, 15) is 4.79 Å². The summed E-state index contributed by atoms with van der Waals surface area (Å²) in [6.07, 6.45) is 0.655. The van der Waals surface area contributed by atoms with Gasteiger partial charge in [-0.05, 0) is 0 Å². The number of rotatable bonds is 4. The van der Waals surface area contributed by atoms with Gasteiger partial charge in [0.2, 0.25) is 0 Å². The Labute approximate surface area is 73.5 Å². The fourth-order valence-corrected chi connectivity index (χ4v) is 1.61. The van der Waals surface area contributed by atoms with Crippen LogP contribution in [0.1, 0.15) is 13.3 Å². The topological polar surface area (TPSA) is 17.1 Å². The molecule has 0 aliphatic carbocycles.